The van der Waals surface area contributed by atoms with Gasteiger partial charge in [-0.1, -0.05) is 29.8 Å². The van der Waals surface area contributed by atoms with Crippen LogP contribution in [-0.2, 0) is 15.6 Å². The van der Waals surface area contributed by atoms with E-state index >= 15 is 0 Å². The topological polar surface area (TPSA) is 52.0 Å². The normalized spacial score (nSPS) is 11.8. The van der Waals surface area contributed by atoms with E-state index in [4.69, 9.17) is 10.7 Å². The molecule has 1 aromatic carbocycles. The summed E-state index contributed by atoms with van der Waals surface area (Å²) in [5, 5.41) is 4.25. The van der Waals surface area contributed by atoms with Crippen molar-refractivity contribution >= 4 is 19.7 Å². The van der Waals surface area contributed by atoms with E-state index in [0.29, 0.717) is 17.9 Å². The molecule has 6 heteroatoms. The number of benzene rings is 1. The van der Waals surface area contributed by atoms with E-state index in [-0.39, 0.29) is 4.90 Å². The molecule has 0 atom stereocenters. The minimum atomic E-state index is -3.75. The first-order valence-corrected chi connectivity index (χ1v) is 8.14. The van der Waals surface area contributed by atoms with Crippen molar-refractivity contribution in [3.8, 4) is 0 Å². The molecule has 1 heterocycles. The highest BCUT2D eigenvalue weighted by Crippen LogP contribution is 2.23. The van der Waals surface area contributed by atoms with Crippen molar-refractivity contribution < 1.29 is 8.42 Å². The third kappa shape index (κ3) is 2.98. The maximum absolute atomic E-state index is 11.5. The first-order chi connectivity index (χ1) is 8.79. The molecule has 19 heavy (non-hydrogen) atoms. The van der Waals surface area contributed by atoms with Gasteiger partial charge in [-0.15, -0.1) is 0 Å². The van der Waals surface area contributed by atoms with Crippen LogP contribution < -0.4 is 0 Å². The van der Waals surface area contributed by atoms with Gasteiger partial charge in [0.2, 0.25) is 0 Å². The van der Waals surface area contributed by atoms with Crippen LogP contribution in [0.1, 0.15) is 22.5 Å². The number of halogens is 1. The van der Waals surface area contributed by atoms with E-state index in [1.54, 1.807) is 18.5 Å². The number of nitrogens with zero attached hydrogens (tertiary/aromatic N) is 2. The Kier molecular flexibility index (Phi) is 3.69. The van der Waals surface area contributed by atoms with Crippen LogP contribution in [0.3, 0.4) is 0 Å². The average Bonchev–Trinajstić information content (AvgIpc) is 2.53. The number of aromatic nitrogens is 2. The van der Waals surface area contributed by atoms with E-state index in [1.165, 1.54) is 0 Å². The Morgan fingerprint density at radius 3 is 2.47 bits per heavy atom. The van der Waals surface area contributed by atoms with Crippen molar-refractivity contribution in [2.75, 3.05) is 0 Å². The molecule has 2 aromatic rings. The molecule has 2 rings (SSSR count). The first kappa shape index (κ1) is 14.1. The van der Waals surface area contributed by atoms with Gasteiger partial charge < -0.3 is 0 Å². The van der Waals surface area contributed by atoms with Gasteiger partial charge in [0.25, 0.3) is 9.05 Å². The zero-order valence-corrected chi connectivity index (χ0v) is 12.6. The minimum absolute atomic E-state index is 0.113. The zero-order chi connectivity index (χ0) is 14.2. The van der Waals surface area contributed by atoms with Crippen LogP contribution >= 0.6 is 10.7 Å². The van der Waals surface area contributed by atoms with Crippen LogP contribution in [0.15, 0.2) is 29.2 Å². The molecule has 0 saturated carbocycles. The highest BCUT2D eigenvalue weighted by Gasteiger charge is 2.22. The summed E-state index contributed by atoms with van der Waals surface area (Å²) in [6.45, 7) is 5.90. The van der Waals surface area contributed by atoms with E-state index < -0.39 is 9.05 Å². The van der Waals surface area contributed by atoms with Crippen molar-refractivity contribution in [1.82, 2.24) is 9.78 Å². The monoisotopic (exact) mass is 298 g/mol. The maximum Gasteiger partial charge on any atom is 0.264 e. The highest BCUT2D eigenvalue weighted by molar-refractivity contribution is 8.13. The van der Waals surface area contributed by atoms with Gasteiger partial charge in [0, 0.05) is 10.7 Å². The number of aryl methyl sites for hydroxylation is 2. The van der Waals surface area contributed by atoms with Gasteiger partial charge in [-0.3, -0.25) is 4.68 Å². The van der Waals surface area contributed by atoms with Crippen LogP contribution in [-0.4, -0.2) is 18.2 Å². The predicted octanol–water partition coefficient (Wildman–Crippen LogP) is 2.78. The van der Waals surface area contributed by atoms with Gasteiger partial charge in [-0.2, -0.15) is 5.10 Å². The van der Waals surface area contributed by atoms with Gasteiger partial charge >= 0.3 is 0 Å². The summed E-state index contributed by atoms with van der Waals surface area (Å²) in [6.07, 6.45) is 0. The molecule has 0 fully saturated rings. The summed E-state index contributed by atoms with van der Waals surface area (Å²) in [5.74, 6) is 0. The van der Waals surface area contributed by atoms with Gasteiger partial charge in [-0.05, 0) is 26.3 Å². The molecule has 0 radical (unpaired) electrons. The molecule has 4 nitrogen and oxygen atoms in total. The Morgan fingerprint density at radius 1 is 1.26 bits per heavy atom. The van der Waals surface area contributed by atoms with E-state index in [2.05, 4.69) is 5.10 Å². The van der Waals surface area contributed by atoms with Crippen LogP contribution in [0, 0.1) is 20.8 Å². The van der Waals surface area contributed by atoms with Gasteiger partial charge in [-0.25, -0.2) is 8.42 Å². The molecule has 0 amide bonds. The fourth-order valence-electron chi connectivity index (χ4n) is 2.17. The summed E-state index contributed by atoms with van der Waals surface area (Å²) in [4.78, 5) is 0.113. The first-order valence-electron chi connectivity index (χ1n) is 5.83. The summed E-state index contributed by atoms with van der Waals surface area (Å²) in [6, 6.07) is 8.01. The van der Waals surface area contributed by atoms with Crippen LogP contribution in [0.5, 0.6) is 0 Å². The Labute approximate surface area is 117 Å². The van der Waals surface area contributed by atoms with Gasteiger partial charge in [0.1, 0.15) is 4.90 Å². The molecule has 0 aliphatic rings. The highest BCUT2D eigenvalue weighted by atomic mass is 35.7. The van der Waals surface area contributed by atoms with Crippen LogP contribution in [0.2, 0.25) is 0 Å². The number of hydrogen-bond acceptors (Lipinski definition) is 3. The van der Waals surface area contributed by atoms with E-state index in [1.807, 2.05) is 31.2 Å². The van der Waals surface area contributed by atoms with Crippen molar-refractivity contribution in [2.24, 2.45) is 0 Å². The lowest BCUT2D eigenvalue weighted by atomic mass is 10.1. The van der Waals surface area contributed by atoms with E-state index in [9.17, 15) is 8.42 Å². The third-order valence-corrected chi connectivity index (χ3v) is 4.52. The average molecular weight is 299 g/mol. The molecule has 0 aliphatic heterocycles. The van der Waals surface area contributed by atoms with Crippen molar-refractivity contribution in [3.63, 3.8) is 0 Å². The Morgan fingerprint density at radius 2 is 1.95 bits per heavy atom. The molecule has 1 aromatic heterocycles. The zero-order valence-electron chi connectivity index (χ0n) is 11.0. The summed E-state index contributed by atoms with van der Waals surface area (Å²) < 4.78 is 24.7. The smallest absolute Gasteiger partial charge is 0.264 e. The fraction of sp³-hybridized carbons (Fsp3) is 0.308. The lowest BCUT2D eigenvalue weighted by molar-refractivity contribution is 0.607. The second-order valence-electron chi connectivity index (χ2n) is 4.58. The molecule has 0 unspecified atom stereocenters. The van der Waals surface area contributed by atoms with Gasteiger partial charge in [0.15, 0.2) is 0 Å². The lowest BCUT2D eigenvalue weighted by Gasteiger charge is -2.05. The summed E-state index contributed by atoms with van der Waals surface area (Å²) in [7, 11) is 1.67. The van der Waals surface area contributed by atoms with Crippen molar-refractivity contribution in [3.05, 3.63) is 46.8 Å². The second-order valence-corrected chi connectivity index (χ2v) is 7.09. The van der Waals surface area contributed by atoms with Crippen LogP contribution in [0.4, 0.5) is 0 Å². The Hall–Kier alpha value is -1.33. The SMILES string of the molecule is Cc1cccc(Cn2nc(C)c(S(=O)(=O)Cl)c2C)c1. The number of hydrogen-bond donors (Lipinski definition) is 0. The summed E-state index contributed by atoms with van der Waals surface area (Å²) in [5.41, 5.74) is 3.22. The lowest BCUT2D eigenvalue weighted by Crippen LogP contribution is -2.05. The third-order valence-electron chi connectivity index (χ3n) is 2.97. The Bertz CT molecular complexity index is 720. The molecular formula is C13H15ClN2O2S. The molecule has 0 spiro atoms. The maximum atomic E-state index is 11.5. The van der Waals surface area contributed by atoms with E-state index in [0.717, 1.165) is 11.1 Å². The van der Waals surface area contributed by atoms with Gasteiger partial charge in [0.05, 0.1) is 17.9 Å². The standard InChI is InChI=1S/C13H15ClN2O2S/c1-9-5-4-6-12(7-9)8-16-11(3)13(10(2)15-16)19(14,17)18/h4-7H,8H2,1-3H3. The fourth-order valence-corrected chi connectivity index (χ4v) is 3.69. The minimum Gasteiger partial charge on any atom is -0.264 e. The number of rotatable bonds is 3. The molecule has 0 saturated heterocycles. The molecular weight excluding hydrogens is 284 g/mol. The van der Waals surface area contributed by atoms with Crippen LogP contribution in [0.25, 0.3) is 0 Å². The van der Waals surface area contributed by atoms with Crippen molar-refractivity contribution in [2.45, 2.75) is 32.2 Å². The second kappa shape index (κ2) is 4.98. The molecule has 0 bridgehead atoms. The predicted molar refractivity (Wildman–Crippen MR) is 75.0 cm³/mol. The largest absolute Gasteiger partial charge is 0.264 e. The molecule has 0 N–H and O–H groups in total. The quantitative estimate of drug-likeness (QED) is 0.819. The molecule has 0 aliphatic carbocycles. The Balaban J connectivity index is 2.43. The molecule has 102 valence electrons. The summed E-state index contributed by atoms with van der Waals surface area (Å²) >= 11 is 0. The van der Waals surface area contributed by atoms with Crippen molar-refractivity contribution in [1.29, 1.82) is 0 Å².